The standard InChI is InChI=1S/C18H26BrN5/c1-5-21-18(22-9-7-15-6-8-20-11-14(15)2)24(4)13-17-10-16(19)12-23(17)3/h6,8,10-12H,5,7,9,13H2,1-4H3,(H,21,22). The van der Waals surface area contributed by atoms with Crippen molar-refractivity contribution in [3.8, 4) is 0 Å². The first kappa shape index (κ1) is 18.5. The Bertz CT molecular complexity index is 692. The van der Waals surface area contributed by atoms with E-state index < -0.39 is 0 Å². The van der Waals surface area contributed by atoms with E-state index >= 15 is 0 Å². The van der Waals surface area contributed by atoms with Crippen LogP contribution in [0.1, 0.15) is 23.7 Å². The highest BCUT2D eigenvalue weighted by atomic mass is 79.9. The van der Waals surface area contributed by atoms with E-state index in [-0.39, 0.29) is 0 Å². The van der Waals surface area contributed by atoms with Gasteiger partial charge in [0.25, 0.3) is 0 Å². The second kappa shape index (κ2) is 8.87. The smallest absolute Gasteiger partial charge is 0.194 e. The summed E-state index contributed by atoms with van der Waals surface area (Å²) in [7, 11) is 4.13. The molecule has 0 saturated carbocycles. The van der Waals surface area contributed by atoms with Crippen molar-refractivity contribution in [2.45, 2.75) is 26.8 Å². The Labute approximate surface area is 152 Å². The number of aliphatic imine (C=N–C) groups is 1. The molecule has 24 heavy (non-hydrogen) atoms. The summed E-state index contributed by atoms with van der Waals surface area (Å²) >= 11 is 3.52. The van der Waals surface area contributed by atoms with E-state index in [0.717, 1.165) is 36.5 Å². The van der Waals surface area contributed by atoms with Crippen molar-refractivity contribution < 1.29 is 0 Å². The molecule has 130 valence electrons. The van der Waals surface area contributed by atoms with Gasteiger partial charge in [0.1, 0.15) is 0 Å². The van der Waals surface area contributed by atoms with Crippen LogP contribution in [0.15, 0.2) is 40.2 Å². The van der Waals surface area contributed by atoms with Gasteiger partial charge in [0.15, 0.2) is 5.96 Å². The molecule has 2 heterocycles. The Hall–Kier alpha value is -1.82. The molecule has 0 radical (unpaired) electrons. The van der Waals surface area contributed by atoms with Gasteiger partial charge in [-0.2, -0.15) is 0 Å². The maximum Gasteiger partial charge on any atom is 0.194 e. The number of hydrogen-bond acceptors (Lipinski definition) is 2. The van der Waals surface area contributed by atoms with Crippen molar-refractivity contribution in [2.24, 2.45) is 12.0 Å². The molecule has 0 unspecified atom stereocenters. The van der Waals surface area contributed by atoms with Gasteiger partial charge in [-0.05, 0) is 59.5 Å². The molecule has 1 N–H and O–H groups in total. The monoisotopic (exact) mass is 391 g/mol. The number of aryl methyl sites for hydroxylation is 2. The minimum absolute atomic E-state index is 0.758. The highest BCUT2D eigenvalue weighted by Crippen LogP contribution is 2.15. The topological polar surface area (TPSA) is 45.5 Å². The van der Waals surface area contributed by atoms with E-state index in [1.165, 1.54) is 16.8 Å². The van der Waals surface area contributed by atoms with Gasteiger partial charge >= 0.3 is 0 Å². The zero-order valence-corrected chi connectivity index (χ0v) is 16.5. The third-order valence-electron chi connectivity index (χ3n) is 3.95. The maximum absolute atomic E-state index is 4.77. The second-order valence-electron chi connectivity index (χ2n) is 5.90. The molecular weight excluding hydrogens is 366 g/mol. The van der Waals surface area contributed by atoms with E-state index in [1.54, 1.807) is 0 Å². The van der Waals surface area contributed by atoms with Gasteiger partial charge in [0, 0.05) is 55.9 Å². The Morgan fingerprint density at radius 2 is 2.25 bits per heavy atom. The summed E-state index contributed by atoms with van der Waals surface area (Å²) < 4.78 is 3.23. The SMILES string of the molecule is CCNC(=NCCc1ccncc1C)N(C)Cc1cc(Br)cn1C. The molecule has 0 fully saturated rings. The second-order valence-corrected chi connectivity index (χ2v) is 6.82. The van der Waals surface area contributed by atoms with E-state index in [1.807, 2.05) is 12.4 Å². The molecule has 0 aliphatic heterocycles. The summed E-state index contributed by atoms with van der Waals surface area (Å²) in [5, 5.41) is 3.37. The number of halogens is 1. The molecule has 0 aromatic carbocycles. The normalized spacial score (nSPS) is 11.6. The van der Waals surface area contributed by atoms with Crippen molar-refractivity contribution in [2.75, 3.05) is 20.1 Å². The number of rotatable bonds is 6. The molecule has 5 nitrogen and oxygen atoms in total. The predicted octanol–water partition coefficient (Wildman–Crippen LogP) is 3.13. The van der Waals surface area contributed by atoms with Gasteiger partial charge in [0.05, 0.1) is 6.54 Å². The number of hydrogen-bond donors (Lipinski definition) is 1. The van der Waals surface area contributed by atoms with Crippen molar-refractivity contribution in [1.29, 1.82) is 0 Å². The van der Waals surface area contributed by atoms with Gasteiger partial charge < -0.3 is 14.8 Å². The molecule has 2 aromatic heterocycles. The van der Waals surface area contributed by atoms with Gasteiger partial charge in [-0.1, -0.05) is 0 Å². The van der Waals surface area contributed by atoms with Crippen LogP contribution in [0.5, 0.6) is 0 Å². The largest absolute Gasteiger partial charge is 0.357 e. The first-order chi connectivity index (χ1) is 11.5. The summed E-state index contributed by atoms with van der Waals surface area (Å²) in [6, 6.07) is 4.21. The van der Waals surface area contributed by atoms with Crippen molar-refractivity contribution in [3.63, 3.8) is 0 Å². The Kier molecular flexibility index (Phi) is 6.85. The third-order valence-corrected chi connectivity index (χ3v) is 4.38. The van der Waals surface area contributed by atoms with Gasteiger partial charge in [-0.3, -0.25) is 9.98 Å². The summed E-state index contributed by atoms with van der Waals surface area (Å²) in [5.74, 6) is 0.932. The third kappa shape index (κ3) is 5.09. The molecule has 0 saturated heterocycles. The number of nitrogens with one attached hydrogen (secondary N) is 1. The maximum atomic E-state index is 4.77. The Morgan fingerprint density at radius 1 is 1.46 bits per heavy atom. The fourth-order valence-electron chi connectivity index (χ4n) is 2.58. The van der Waals surface area contributed by atoms with Crippen LogP contribution in [-0.2, 0) is 20.0 Å². The number of nitrogens with zero attached hydrogens (tertiary/aromatic N) is 4. The molecule has 0 bridgehead atoms. The van der Waals surface area contributed by atoms with Crippen LogP contribution in [0.3, 0.4) is 0 Å². The highest BCUT2D eigenvalue weighted by molar-refractivity contribution is 9.10. The predicted molar refractivity (Wildman–Crippen MR) is 103 cm³/mol. The Balaban J connectivity index is 2.01. The van der Waals surface area contributed by atoms with Crippen LogP contribution < -0.4 is 5.32 Å². The van der Waals surface area contributed by atoms with Crippen molar-refractivity contribution >= 4 is 21.9 Å². The van der Waals surface area contributed by atoms with Crippen LogP contribution in [0.4, 0.5) is 0 Å². The lowest BCUT2D eigenvalue weighted by Crippen LogP contribution is -2.39. The summed E-state index contributed by atoms with van der Waals surface area (Å²) in [6.45, 7) is 6.61. The molecule has 0 amide bonds. The van der Waals surface area contributed by atoms with Crippen LogP contribution in [0.2, 0.25) is 0 Å². The first-order valence-electron chi connectivity index (χ1n) is 8.21. The van der Waals surface area contributed by atoms with Gasteiger partial charge in [0.2, 0.25) is 0 Å². The summed E-state index contributed by atoms with van der Waals surface area (Å²) in [4.78, 5) is 11.1. The van der Waals surface area contributed by atoms with Crippen molar-refractivity contribution in [3.05, 3.63) is 52.0 Å². The summed E-state index contributed by atoms with van der Waals surface area (Å²) in [6.07, 6.45) is 6.74. The van der Waals surface area contributed by atoms with E-state index in [9.17, 15) is 0 Å². The van der Waals surface area contributed by atoms with E-state index in [0.29, 0.717) is 0 Å². The van der Waals surface area contributed by atoms with Crippen LogP contribution >= 0.6 is 15.9 Å². The fourth-order valence-corrected chi connectivity index (χ4v) is 3.15. The number of pyridine rings is 1. The average molecular weight is 392 g/mol. The molecule has 0 spiro atoms. The molecular formula is C18H26BrN5. The molecule has 2 rings (SSSR count). The number of aromatic nitrogens is 2. The zero-order valence-electron chi connectivity index (χ0n) is 14.9. The lowest BCUT2D eigenvalue weighted by Gasteiger charge is -2.22. The van der Waals surface area contributed by atoms with E-state index in [4.69, 9.17) is 4.99 Å². The van der Waals surface area contributed by atoms with Gasteiger partial charge in [-0.15, -0.1) is 0 Å². The van der Waals surface area contributed by atoms with Crippen molar-refractivity contribution in [1.82, 2.24) is 19.8 Å². The summed E-state index contributed by atoms with van der Waals surface area (Å²) in [5.41, 5.74) is 3.76. The van der Waals surface area contributed by atoms with Crippen LogP contribution in [-0.4, -0.2) is 40.5 Å². The lowest BCUT2D eigenvalue weighted by molar-refractivity contribution is 0.462. The van der Waals surface area contributed by atoms with Crippen LogP contribution in [0, 0.1) is 6.92 Å². The first-order valence-corrected chi connectivity index (χ1v) is 9.00. The fraction of sp³-hybridized carbons (Fsp3) is 0.444. The molecule has 6 heteroatoms. The number of guanidine groups is 1. The van der Waals surface area contributed by atoms with Crippen LogP contribution in [0.25, 0.3) is 0 Å². The lowest BCUT2D eigenvalue weighted by atomic mass is 10.1. The molecule has 0 aliphatic rings. The Morgan fingerprint density at radius 3 is 2.88 bits per heavy atom. The minimum atomic E-state index is 0.758. The molecule has 2 aromatic rings. The highest BCUT2D eigenvalue weighted by Gasteiger charge is 2.09. The van der Waals surface area contributed by atoms with Gasteiger partial charge in [-0.25, -0.2) is 0 Å². The molecule has 0 atom stereocenters. The minimum Gasteiger partial charge on any atom is -0.357 e. The quantitative estimate of drug-likeness (QED) is 0.607. The molecule has 0 aliphatic carbocycles. The zero-order chi connectivity index (χ0) is 17.5. The average Bonchev–Trinajstić information content (AvgIpc) is 2.85. The van der Waals surface area contributed by atoms with E-state index in [2.05, 4.69) is 82.0 Å².